The van der Waals surface area contributed by atoms with E-state index in [1.165, 1.54) is 0 Å². The molecule has 2 aromatic carbocycles. The SMILES string of the molecule is CC(Nc1c(-c2ccccc2)nc2cnccn12)C(=O)N1CCN(C(=O)/C=C/c2ccccc2)CC1. The second-order valence-corrected chi connectivity index (χ2v) is 8.74. The van der Waals surface area contributed by atoms with Crippen molar-refractivity contribution in [1.29, 1.82) is 0 Å². The van der Waals surface area contributed by atoms with Gasteiger partial charge in [-0.15, -0.1) is 0 Å². The zero-order valence-corrected chi connectivity index (χ0v) is 20.1. The highest BCUT2D eigenvalue weighted by molar-refractivity contribution is 5.92. The predicted molar refractivity (Wildman–Crippen MR) is 140 cm³/mol. The molecule has 0 radical (unpaired) electrons. The normalized spacial score (nSPS) is 14.8. The van der Waals surface area contributed by atoms with Crippen molar-refractivity contribution in [1.82, 2.24) is 24.2 Å². The van der Waals surface area contributed by atoms with Gasteiger partial charge in [-0.05, 0) is 18.6 Å². The van der Waals surface area contributed by atoms with Crippen LogP contribution in [0.1, 0.15) is 12.5 Å². The van der Waals surface area contributed by atoms with Gasteiger partial charge in [-0.1, -0.05) is 60.7 Å². The number of amides is 2. The lowest BCUT2D eigenvalue weighted by Gasteiger charge is -2.35. The first-order valence-electron chi connectivity index (χ1n) is 12.0. The lowest BCUT2D eigenvalue weighted by atomic mass is 10.1. The molecule has 2 amide bonds. The summed E-state index contributed by atoms with van der Waals surface area (Å²) in [4.78, 5) is 38.4. The molecule has 3 heterocycles. The molecule has 4 aromatic rings. The molecule has 1 aliphatic rings. The Labute approximate surface area is 209 Å². The molecule has 5 rings (SSSR count). The smallest absolute Gasteiger partial charge is 0.246 e. The molecule has 1 aliphatic heterocycles. The van der Waals surface area contributed by atoms with Crippen molar-refractivity contribution in [2.75, 3.05) is 31.5 Å². The van der Waals surface area contributed by atoms with Gasteiger partial charge >= 0.3 is 0 Å². The minimum atomic E-state index is -0.472. The third kappa shape index (κ3) is 4.98. The van der Waals surface area contributed by atoms with Crippen LogP contribution < -0.4 is 5.32 Å². The van der Waals surface area contributed by atoms with Crippen LogP contribution in [0, 0.1) is 0 Å². The van der Waals surface area contributed by atoms with Crippen LogP contribution >= 0.6 is 0 Å². The number of anilines is 1. The molecule has 1 unspecified atom stereocenters. The predicted octanol–water partition coefficient (Wildman–Crippen LogP) is 3.58. The van der Waals surface area contributed by atoms with Crippen LogP contribution in [-0.2, 0) is 9.59 Å². The Balaban J connectivity index is 1.24. The first-order chi connectivity index (χ1) is 17.6. The van der Waals surface area contributed by atoms with Gasteiger partial charge in [0.1, 0.15) is 17.6 Å². The zero-order chi connectivity index (χ0) is 24.9. The van der Waals surface area contributed by atoms with Gasteiger partial charge in [0.05, 0.1) is 6.20 Å². The van der Waals surface area contributed by atoms with Crippen molar-refractivity contribution in [3.05, 3.63) is 90.9 Å². The fourth-order valence-electron chi connectivity index (χ4n) is 4.37. The van der Waals surface area contributed by atoms with Crippen LogP contribution in [0.4, 0.5) is 5.82 Å². The fraction of sp³-hybridized carbons (Fsp3) is 0.214. The Morgan fingerprint density at radius 2 is 1.61 bits per heavy atom. The Kier molecular flexibility index (Phi) is 6.75. The highest BCUT2D eigenvalue weighted by Gasteiger charge is 2.27. The number of aromatic nitrogens is 3. The monoisotopic (exact) mass is 480 g/mol. The summed E-state index contributed by atoms with van der Waals surface area (Å²) >= 11 is 0. The summed E-state index contributed by atoms with van der Waals surface area (Å²) in [5.41, 5.74) is 3.41. The molecule has 0 spiro atoms. The summed E-state index contributed by atoms with van der Waals surface area (Å²) in [7, 11) is 0. The molecule has 0 saturated carbocycles. The maximum atomic E-state index is 13.3. The van der Waals surface area contributed by atoms with E-state index >= 15 is 0 Å². The highest BCUT2D eigenvalue weighted by Crippen LogP contribution is 2.29. The van der Waals surface area contributed by atoms with Gasteiger partial charge in [0.2, 0.25) is 11.8 Å². The minimum absolute atomic E-state index is 0.00931. The standard InChI is InChI=1S/C28H28N6O2/c1-21(30-27-26(23-10-6-3-7-11-23)31-24-20-29-14-15-34(24)27)28(36)33-18-16-32(17-19-33)25(35)13-12-22-8-4-2-5-9-22/h2-15,20-21,30H,16-19H2,1H3/b13-12+. The number of hydrogen-bond acceptors (Lipinski definition) is 5. The van der Waals surface area contributed by atoms with Crippen LogP contribution in [0.15, 0.2) is 85.3 Å². The molecule has 182 valence electrons. The number of piperazine rings is 1. The van der Waals surface area contributed by atoms with E-state index in [-0.39, 0.29) is 11.8 Å². The van der Waals surface area contributed by atoms with Gasteiger partial charge < -0.3 is 15.1 Å². The van der Waals surface area contributed by atoms with Gasteiger partial charge in [0.15, 0.2) is 5.65 Å². The number of carbonyl (C=O) groups excluding carboxylic acids is 2. The summed E-state index contributed by atoms with van der Waals surface area (Å²) < 4.78 is 1.91. The van der Waals surface area contributed by atoms with E-state index in [1.807, 2.05) is 89.2 Å². The van der Waals surface area contributed by atoms with Crippen molar-refractivity contribution < 1.29 is 9.59 Å². The maximum Gasteiger partial charge on any atom is 0.246 e. The van der Waals surface area contributed by atoms with Gasteiger partial charge in [0, 0.05) is 50.2 Å². The fourth-order valence-corrected chi connectivity index (χ4v) is 4.37. The first-order valence-corrected chi connectivity index (χ1v) is 12.0. The number of imidazole rings is 1. The lowest BCUT2D eigenvalue weighted by Crippen LogP contribution is -2.53. The lowest BCUT2D eigenvalue weighted by molar-refractivity contribution is -0.137. The Morgan fingerprint density at radius 3 is 2.33 bits per heavy atom. The second kappa shape index (κ2) is 10.4. The van der Waals surface area contributed by atoms with Gasteiger partial charge in [-0.3, -0.25) is 19.0 Å². The zero-order valence-electron chi connectivity index (χ0n) is 20.1. The van der Waals surface area contributed by atoms with Crippen LogP contribution in [0.5, 0.6) is 0 Å². The van der Waals surface area contributed by atoms with Crippen molar-refractivity contribution in [3.63, 3.8) is 0 Å². The largest absolute Gasteiger partial charge is 0.358 e. The van der Waals surface area contributed by atoms with Crippen molar-refractivity contribution >= 4 is 29.4 Å². The molecule has 1 saturated heterocycles. The van der Waals surface area contributed by atoms with Crippen LogP contribution in [0.3, 0.4) is 0 Å². The molecule has 1 fully saturated rings. The number of nitrogens with one attached hydrogen (secondary N) is 1. The molecule has 0 bridgehead atoms. The third-order valence-corrected chi connectivity index (χ3v) is 6.32. The first kappa shape index (κ1) is 23.3. The van der Waals surface area contributed by atoms with E-state index in [0.29, 0.717) is 31.8 Å². The van der Waals surface area contributed by atoms with E-state index in [4.69, 9.17) is 4.98 Å². The molecule has 1 N–H and O–H groups in total. The second-order valence-electron chi connectivity index (χ2n) is 8.74. The Morgan fingerprint density at radius 1 is 0.944 bits per heavy atom. The van der Waals surface area contributed by atoms with Crippen molar-refractivity contribution in [3.8, 4) is 11.3 Å². The summed E-state index contributed by atoms with van der Waals surface area (Å²) in [5, 5.41) is 3.39. The summed E-state index contributed by atoms with van der Waals surface area (Å²) in [6.07, 6.45) is 8.65. The van der Waals surface area contributed by atoms with Crippen molar-refractivity contribution in [2.24, 2.45) is 0 Å². The van der Waals surface area contributed by atoms with Crippen LogP contribution in [-0.4, -0.2) is 68.2 Å². The Bertz CT molecular complexity index is 1380. The molecule has 2 aromatic heterocycles. The van der Waals surface area contributed by atoms with E-state index in [1.54, 1.807) is 23.4 Å². The highest BCUT2D eigenvalue weighted by atomic mass is 16.2. The van der Waals surface area contributed by atoms with Crippen molar-refractivity contribution in [2.45, 2.75) is 13.0 Å². The number of benzene rings is 2. The molecule has 36 heavy (non-hydrogen) atoms. The molecule has 1 atom stereocenters. The van der Waals surface area contributed by atoms with Gasteiger partial charge in [0.25, 0.3) is 0 Å². The minimum Gasteiger partial charge on any atom is -0.358 e. The summed E-state index contributed by atoms with van der Waals surface area (Å²) in [5.74, 6) is 0.702. The van der Waals surface area contributed by atoms with Gasteiger partial charge in [-0.2, -0.15) is 0 Å². The average Bonchev–Trinajstić information content (AvgIpc) is 3.30. The molecular weight excluding hydrogens is 452 g/mol. The van der Waals surface area contributed by atoms with E-state index in [0.717, 1.165) is 22.6 Å². The topological polar surface area (TPSA) is 82.8 Å². The maximum absolute atomic E-state index is 13.3. The average molecular weight is 481 g/mol. The van der Waals surface area contributed by atoms with Gasteiger partial charge in [-0.25, -0.2) is 4.98 Å². The number of hydrogen-bond donors (Lipinski definition) is 1. The summed E-state index contributed by atoms with van der Waals surface area (Å²) in [6, 6.07) is 19.1. The third-order valence-electron chi connectivity index (χ3n) is 6.32. The molecular formula is C28H28N6O2. The molecule has 8 heteroatoms. The number of rotatable bonds is 6. The quantitative estimate of drug-likeness (QED) is 0.427. The van der Waals surface area contributed by atoms with E-state index in [9.17, 15) is 9.59 Å². The number of nitrogens with zero attached hydrogens (tertiary/aromatic N) is 5. The van der Waals surface area contributed by atoms with E-state index in [2.05, 4.69) is 10.3 Å². The van der Waals surface area contributed by atoms with Crippen LogP contribution in [0.25, 0.3) is 23.0 Å². The van der Waals surface area contributed by atoms with E-state index < -0.39 is 6.04 Å². The molecule has 0 aliphatic carbocycles. The summed E-state index contributed by atoms with van der Waals surface area (Å²) in [6.45, 7) is 3.87. The molecule has 8 nitrogen and oxygen atoms in total. The Hall–Kier alpha value is -4.46. The number of fused-ring (bicyclic) bond motifs is 1. The van der Waals surface area contributed by atoms with Crippen LogP contribution in [0.2, 0.25) is 0 Å². The number of carbonyl (C=O) groups is 2.